The summed E-state index contributed by atoms with van der Waals surface area (Å²) in [4.78, 5) is 0. The van der Waals surface area contributed by atoms with Crippen LogP contribution in [0.2, 0.25) is 10.0 Å². The van der Waals surface area contributed by atoms with E-state index in [0.717, 1.165) is 42.3 Å². The Bertz CT molecular complexity index is 941. The van der Waals surface area contributed by atoms with Crippen LogP contribution in [0.4, 0.5) is 0 Å². The van der Waals surface area contributed by atoms with Crippen LogP contribution in [0.25, 0.3) is 0 Å². The van der Waals surface area contributed by atoms with Crippen LogP contribution in [0.5, 0.6) is 17.2 Å². The average Bonchev–Trinajstić information content (AvgIpc) is 2.77. The molecule has 0 radical (unpaired) electrons. The summed E-state index contributed by atoms with van der Waals surface area (Å²) in [5.41, 5.74) is 3.18. The fourth-order valence-corrected chi connectivity index (χ4v) is 3.54. The maximum absolute atomic E-state index is 6.18. The molecule has 4 nitrogen and oxygen atoms in total. The highest BCUT2D eigenvalue weighted by molar-refractivity contribution is 6.35. The molecule has 30 heavy (non-hydrogen) atoms. The lowest BCUT2D eigenvalue weighted by Crippen LogP contribution is -2.16. The van der Waals surface area contributed by atoms with Gasteiger partial charge in [0.2, 0.25) is 0 Å². The monoisotopic (exact) mass is 445 g/mol. The number of methoxy groups -OCH3 is 2. The van der Waals surface area contributed by atoms with Crippen molar-refractivity contribution in [3.8, 4) is 17.2 Å². The maximum atomic E-state index is 6.18. The van der Waals surface area contributed by atoms with Crippen LogP contribution in [-0.4, -0.2) is 20.8 Å². The van der Waals surface area contributed by atoms with Gasteiger partial charge in [-0.15, -0.1) is 0 Å². The summed E-state index contributed by atoms with van der Waals surface area (Å²) in [5.74, 6) is 2.28. The summed E-state index contributed by atoms with van der Waals surface area (Å²) in [5, 5.41) is 4.68. The van der Waals surface area contributed by atoms with Gasteiger partial charge in [-0.3, -0.25) is 0 Å². The van der Waals surface area contributed by atoms with Crippen molar-refractivity contribution in [3.63, 3.8) is 0 Å². The van der Waals surface area contributed by atoms with E-state index in [2.05, 4.69) is 11.4 Å². The molecule has 0 amide bonds. The first-order chi connectivity index (χ1) is 14.6. The Morgan fingerprint density at radius 1 is 0.800 bits per heavy atom. The van der Waals surface area contributed by atoms with E-state index in [0.29, 0.717) is 16.7 Å². The second-order valence-electron chi connectivity index (χ2n) is 6.75. The minimum absolute atomic E-state index is 0.335. The van der Waals surface area contributed by atoms with Gasteiger partial charge in [-0.05, 0) is 60.5 Å². The quantitative estimate of drug-likeness (QED) is 0.393. The van der Waals surface area contributed by atoms with Gasteiger partial charge < -0.3 is 19.5 Å². The maximum Gasteiger partial charge on any atom is 0.160 e. The molecule has 0 saturated heterocycles. The number of hydrogen-bond donors (Lipinski definition) is 1. The molecule has 0 aromatic heterocycles. The molecule has 158 valence electrons. The first-order valence-corrected chi connectivity index (χ1v) is 10.4. The molecule has 6 heteroatoms. The Hall–Kier alpha value is -2.40. The summed E-state index contributed by atoms with van der Waals surface area (Å²) in [6.45, 7) is 1.98. The van der Waals surface area contributed by atoms with E-state index < -0.39 is 0 Å². The van der Waals surface area contributed by atoms with Crippen LogP contribution in [0, 0.1) is 0 Å². The molecule has 0 aliphatic heterocycles. The summed E-state index contributed by atoms with van der Waals surface area (Å²) in [6, 6.07) is 19.4. The predicted molar refractivity (Wildman–Crippen MR) is 122 cm³/mol. The van der Waals surface area contributed by atoms with Gasteiger partial charge in [0.15, 0.2) is 11.5 Å². The van der Waals surface area contributed by atoms with Crippen molar-refractivity contribution in [2.24, 2.45) is 0 Å². The van der Waals surface area contributed by atoms with E-state index in [1.165, 1.54) is 11.1 Å². The zero-order valence-electron chi connectivity index (χ0n) is 17.1. The molecule has 3 aromatic rings. The average molecular weight is 446 g/mol. The molecule has 0 aliphatic rings. The third-order valence-corrected chi connectivity index (χ3v) is 5.44. The van der Waals surface area contributed by atoms with Crippen LogP contribution in [0.1, 0.15) is 16.7 Å². The summed E-state index contributed by atoms with van der Waals surface area (Å²) in [6.07, 6.45) is 0.903. The molecule has 0 aliphatic carbocycles. The van der Waals surface area contributed by atoms with E-state index in [9.17, 15) is 0 Å². The first-order valence-electron chi connectivity index (χ1n) is 9.67. The highest BCUT2D eigenvalue weighted by atomic mass is 35.5. The van der Waals surface area contributed by atoms with E-state index in [4.69, 9.17) is 37.4 Å². The van der Waals surface area contributed by atoms with Gasteiger partial charge in [0.05, 0.1) is 14.2 Å². The molecule has 3 aromatic carbocycles. The van der Waals surface area contributed by atoms with Gasteiger partial charge in [0, 0.05) is 22.2 Å². The molecule has 0 unspecified atom stereocenters. The lowest BCUT2D eigenvalue weighted by molar-refractivity contribution is 0.306. The van der Waals surface area contributed by atoms with Gasteiger partial charge in [-0.2, -0.15) is 0 Å². The lowest BCUT2D eigenvalue weighted by Gasteiger charge is -2.11. The first kappa shape index (κ1) is 22.3. The molecule has 0 bridgehead atoms. The van der Waals surface area contributed by atoms with Crippen molar-refractivity contribution >= 4 is 23.2 Å². The van der Waals surface area contributed by atoms with E-state index in [1.54, 1.807) is 14.2 Å². The van der Waals surface area contributed by atoms with E-state index in [1.807, 2.05) is 54.6 Å². The SMILES string of the molecule is COc1ccc(CCNCc2ccc(OCc3c(Cl)cccc3Cl)cc2)cc1OC. The van der Waals surface area contributed by atoms with Crippen molar-refractivity contribution in [1.82, 2.24) is 5.32 Å². The minimum Gasteiger partial charge on any atom is -0.493 e. The molecule has 3 rings (SSSR count). The van der Waals surface area contributed by atoms with E-state index >= 15 is 0 Å². The van der Waals surface area contributed by atoms with Crippen LogP contribution in [-0.2, 0) is 19.6 Å². The Morgan fingerprint density at radius 3 is 2.13 bits per heavy atom. The Morgan fingerprint density at radius 2 is 1.47 bits per heavy atom. The van der Waals surface area contributed by atoms with Crippen LogP contribution < -0.4 is 19.5 Å². The molecule has 1 N–H and O–H groups in total. The molecular weight excluding hydrogens is 421 g/mol. The molecule has 0 saturated carbocycles. The van der Waals surface area contributed by atoms with Gasteiger partial charge >= 0.3 is 0 Å². The normalized spacial score (nSPS) is 10.7. The second-order valence-corrected chi connectivity index (χ2v) is 7.56. The van der Waals surface area contributed by atoms with Gasteiger partial charge in [-0.1, -0.05) is 47.5 Å². The molecular formula is C24H25Cl2NO3. The number of ether oxygens (including phenoxy) is 3. The van der Waals surface area contributed by atoms with Crippen LogP contribution in [0.3, 0.4) is 0 Å². The third-order valence-electron chi connectivity index (χ3n) is 4.74. The summed E-state index contributed by atoms with van der Waals surface area (Å²) in [7, 11) is 3.29. The Balaban J connectivity index is 1.45. The second kappa shape index (κ2) is 11.1. The zero-order chi connectivity index (χ0) is 21.3. The Kier molecular flexibility index (Phi) is 8.26. The molecule has 0 fully saturated rings. The van der Waals surface area contributed by atoms with Crippen LogP contribution in [0.15, 0.2) is 60.7 Å². The number of benzene rings is 3. The van der Waals surface area contributed by atoms with Gasteiger partial charge in [0.1, 0.15) is 12.4 Å². The minimum atomic E-state index is 0.335. The number of nitrogens with one attached hydrogen (secondary N) is 1. The number of halogens is 2. The van der Waals surface area contributed by atoms with E-state index in [-0.39, 0.29) is 0 Å². The molecule has 0 spiro atoms. The predicted octanol–water partition coefficient (Wildman–Crippen LogP) is 5.92. The topological polar surface area (TPSA) is 39.7 Å². The highest BCUT2D eigenvalue weighted by Crippen LogP contribution is 2.28. The fourth-order valence-electron chi connectivity index (χ4n) is 3.03. The highest BCUT2D eigenvalue weighted by Gasteiger charge is 2.07. The third kappa shape index (κ3) is 6.05. The van der Waals surface area contributed by atoms with Crippen molar-refractivity contribution in [2.75, 3.05) is 20.8 Å². The van der Waals surface area contributed by atoms with Crippen molar-refractivity contribution in [2.45, 2.75) is 19.6 Å². The fraction of sp³-hybridized carbons (Fsp3) is 0.250. The molecule has 0 heterocycles. The largest absolute Gasteiger partial charge is 0.493 e. The van der Waals surface area contributed by atoms with Crippen molar-refractivity contribution in [1.29, 1.82) is 0 Å². The Labute approximate surface area is 187 Å². The number of hydrogen-bond acceptors (Lipinski definition) is 4. The summed E-state index contributed by atoms with van der Waals surface area (Å²) >= 11 is 12.4. The van der Waals surface area contributed by atoms with Gasteiger partial charge in [0.25, 0.3) is 0 Å². The van der Waals surface area contributed by atoms with Crippen LogP contribution >= 0.6 is 23.2 Å². The zero-order valence-corrected chi connectivity index (χ0v) is 18.6. The van der Waals surface area contributed by atoms with Gasteiger partial charge in [-0.25, -0.2) is 0 Å². The lowest BCUT2D eigenvalue weighted by atomic mass is 10.1. The smallest absolute Gasteiger partial charge is 0.160 e. The molecule has 0 atom stereocenters. The number of rotatable bonds is 10. The standard InChI is InChI=1S/C24H25Cl2NO3/c1-28-23-11-8-17(14-24(23)29-2)12-13-27-15-18-6-9-19(10-7-18)30-16-20-21(25)4-3-5-22(20)26/h3-11,14,27H,12-13,15-16H2,1-2H3. The summed E-state index contributed by atoms with van der Waals surface area (Å²) < 4.78 is 16.4. The van der Waals surface area contributed by atoms with Crippen molar-refractivity contribution in [3.05, 3.63) is 87.4 Å². The van der Waals surface area contributed by atoms with Crippen molar-refractivity contribution < 1.29 is 14.2 Å².